The number of aryl methyl sites for hydroxylation is 1. The number of para-hydroxylation sites is 1. The highest BCUT2D eigenvalue weighted by Crippen LogP contribution is 2.33. The predicted molar refractivity (Wildman–Crippen MR) is 150 cm³/mol. The number of ether oxygens (including phenoxy) is 1. The Morgan fingerprint density at radius 1 is 1.10 bits per heavy atom. The molecule has 0 atom stereocenters. The van der Waals surface area contributed by atoms with Crippen LogP contribution in [0.4, 0.5) is 19.0 Å². The van der Waals surface area contributed by atoms with Crippen molar-refractivity contribution < 1.29 is 31.1 Å². The molecule has 0 fully saturated rings. The lowest BCUT2D eigenvalue weighted by Gasteiger charge is -2.12. The largest absolute Gasteiger partial charge is 0.454 e. The molecule has 0 saturated heterocycles. The average Bonchev–Trinajstić information content (AvgIpc) is 3.51. The summed E-state index contributed by atoms with van der Waals surface area (Å²) in [4.78, 5) is 13.4. The number of hydrogen-bond donors (Lipinski definition) is 1. The summed E-state index contributed by atoms with van der Waals surface area (Å²) >= 11 is 0. The van der Waals surface area contributed by atoms with E-state index in [0.717, 1.165) is 0 Å². The molecule has 4 aromatic rings. The minimum atomic E-state index is -3.68. The molecule has 11 heteroatoms. The molecule has 0 bridgehead atoms. The van der Waals surface area contributed by atoms with E-state index < -0.39 is 33.9 Å². The van der Waals surface area contributed by atoms with E-state index >= 15 is 0 Å². The lowest BCUT2D eigenvalue weighted by Crippen LogP contribution is -2.11. The van der Waals surface area contributed by atoms with Crippen LogP contribution >= 0.6 is 0 Å². The van der Waals surface area contributed by atoms with Crippen LogP contribution in [-0.4, -0.2) is 36.4 Å². The number of Topliss-reactive ketones (excluding diaryl/α,β-unsaturated/α-hetero) is 1. The van der Waals surface area contributed by atoms with Gasteiger partial charge in [0, 0.05) is 17.6 Å². The average molecular weight is 582 g/mol. The Labute approximate surface area is 235 Å². The third kappa shape index (κ3) is 5.90. The Balaban J connectivity index is 1.34. The molecule has 1 heterocycles. The molecular weight excluding hydrogens is 555 g/mol. The van der Waals surface area contributed by atoms with E-state index in [4.69, 9.17) is 10.5 Å². The quantitative estimate of drug-likeness (QED) is 0.233. The van der Waals surface area contributed by atoms with Gasteiger partial charge in [0.1, 0.15) is 17.4 Å². The summed E-state index contributed by atoms with van der Waals surface area (Å²) in [6.45, 7) is 1.03. The number of nitrogens with zero attached hydrogens (tertiary/aromatic N) is 2. The lowest BCUT2D eigenvalue weighted by atomic mass is 10.0. The van der Waals surface area contributed by atoms with Gasteiger partial charge in [-0.2, -0.15) is 5.10 Å². The van der Waals surface area contributed by atoms with Gasteiger partial charge in [0.05, 0.1) is 35.6 Å². The number of carbonyl (C=O) groups excluding carboxylic acids is 1. The number of alkyl halides is 1. The van der Waals surface area contributed by atoms with Crippen LogP contribution in [0.3, 0.4) is 0 Å². The molecule has 0 aliphatic heterocycles. The van der Waals surface area contributed by atoms with Gasteiger partial charge >= 0.3 is 0 Å². The zero-order valence-electron chi connectivity index (χ0n) is 22.0. The van der Waals surface area contributed by atoms with Gasteiger partial charge in [-0.3, -0.25) is 9.18 Å². The van der Waals surface area contributed by atoms with E-state index in [1.807, 2.05) is 0 Å². The SMILES string of the molecule is Cc1cc(Oc2ccccc2F)ccc1-n1ncc(C(=O)C2=Cc3cc(F)c(CS(=O)(=O)CCCF)cc3C2)c1N. The van der Waals surface area contributed by atoms with Crippen LogP contribution in [0, 0.1) is 18.6 Å². The van der Waals surface area contributed by atoms with E-state index in [-0.39, 0.29) is 47.1 Å². The lowest BCUT2D eigenvalue weighted by molar-refractivity contribution is 0.103. The maximum Gasteiger partial charge on any atom is 0.194 e. The number of hydrogen-bond acceptors (Lipinski definition) is 6. The molecule has 1 aromatic heterocycles. The van der Waals surface area contributed by atoms with Crippen molar-refractivity contribution in [3.63, 3.8) is 0 Å². The number of ketones is 1. The van der Waals surface area contributed by atoms with Crippen LogP contribution in [0.2, 0.25) is 0 Å². The molecule has 0 amide bonds. The van der Waals surface area contributed by atoms with Gasteiger partial charge in [-0.1, -0.05) is 18.2 Å². The molecule has 0 saturated carbocycles. The Morgan fingerprint density at radius 2 is 1.88 bits per heavy atom. The molecule has 0 radical (unpaired) electrons. The summed E-state index contributed by atoms with van der Waals surface area (Å²) in [5.41, 5.74) is 9.21. The number of carbonyl (C=O) groups is 1. The molecule has 2 N–H and O–H groups in total. The summed E-state index contributed by atoms with van der Waals surface area (Å²) in [7, 11) is -3.68. The number of aromatic nitrogens is 2. The van der Waals surface area contributed by atoms with E-state index in [1.165, 1.54) is 35.1 Å². The number of nitrogen functional groups attached to an aromatic ring is 1. The number of benzene rings is 3. The second kappa shape index (κ2) is 11.2. The second-order valence-electron chi connectivity index (χ2n) is 9.79. The van der Waals surface area contributed by atoms with Crippen molar-refractivity contribution in [3.8, 4) is 17.2 Å². The van der Waals surface area contributed by atoms with Crippen molar-refractivity contribution in [3.05, 3.63) is 106 Å². The molecule has 5 rings (SSSR count). The molecule has 212 valence electrons. The molecule has 41 heavy (non-hydrogen) atoms. The van der Waals surface area contributed by atoms with Gasteiger partial charge in [-0.15, -0.1) is 0 Å². The van der Waals surface area contributed by atoms with E-state index in [9.17, 15) is 26.4 Å². The Kier molecular flexibility index (Phi) is 7.72. The third-order valence-corrected chi connectivity index (χ3v) is 8.45. The number of nitrogens with two attached hydrogens (primary N) is 1. The maximum atomic E-state index is 14.7. The fraction of sp³-hybridized carbons (Fsp3) is 0.200. The van der Waals surface area contributed by atoms with Crippen molar-refractivity contribution in [2.75, 3.05) is 18.2 Å². The van der Waals surface area contributed by atoms with E-state index in [1.54, 1.807) is 43.3 Å². The van der Waals surface area contributed by atoms with Gasteiger partial charge in [-0.05, 0) is 72.5 Å². The first-order chi connectivity index (χ1) is 19.6. The second-order valence-corrected chi connectivity index (χ2v) is 12.0. The molecule has 0 spiro atoms. The Hall–Kier alpha value is -4.38. The highest BCUT2D eigenvalue weighted by atomic mass is 32.2. The summed E-state index contributed by atoms with van der Waals surface area (Å²) in [5.74, 6) is -1.90. The molecule has 0 unspecified atom stereocenters. The van der Waals surface area contributed by atoms with Gasteiger partial charge in [0.25, 0.3) is 0 Å². The molecule has 7 nitrogen and oxygen atoms in total. The number of anilines is 1. The zero-order chi connectivity index (χ0) is 29.3. The van der Waals surface area contributed by atoms with Gasteiger partial charge < -0.3 is 10.5 Å². The third-order valence-electron chi connectivity index (χ3n) is 6.79. The molecule has 3 aromatic carbocycles. The minimum absolute atomic E-state index is 0.0186. The first-order valence-electron chi connectivity index (χ1n) is 12.8. The fourth-order valence-corrected chi connectivity index (χ4v) is 6.13. The molecule has 1 aliphatic rings. The number of fused-ring (bicyclic) bond motifs is 1. The van der Waals surface area contributed by atoms with Crippen molar-refractivity contribution in [2.45, 2.75) is 25.5 Å². The maximum absolute atomic E-state index is 14.7. The molecular formula is C30H26F3N3O4S. The smallest absolute Gasteiger partial charge is 0.194 e. The van der Waals surface area contributed by atoms with Crippen LogP contribution in [0.1, 0.15) is 39.0 Å². The standard InChI is InChI=1S/C30H26F3N3O4S/c1-18-11-23(40-28-6-3-2-5-25(28)32)7-8-27(18)36-30(34)24(16-35-36)29(37)21-12-19-14-22(26(33)15-20(19)13-21)17-41(38,39)10-4-9-31/h2-3,5-8,11,13-16H,4,9-10,12,17,34H2,1H3. The number of allylic oxidation sites excluding steroid dienone is 1. The van der Waals surface area contributed by atoms with Crippen molar-refractivity contribution in [1.29, 1.82) is 0 Å². The highest BCUT2D eigenvalue weighted by molar-refractivity contribution is 7.90. The summed E-state index contributed by atoms with van der Waals surface area (Å²) in [5, 5.41) is 4.30. The minimum Gasteiger partial charge on any atom is -0.454 e. The highest BCUT2D eigenvalue weighted by Gasteiger charge is 2.26. The Bertz CT molecular complexity index is 1800. The predicted octanol–water partition coefficient (Wildman–Crippen LogP) is 5.93. The first kappa shape index (κ1) is 28.2. The van der Waals surface area contributed by atoms with Gasteiger partial charge in [0.15, 0.2) is 27.2 Å². The monoisotopic (exact) mass is 581 g/mol. The van der Waals surface area contributed by atoms with Crippen LogP contribution < -0.4 is 10.5 Å². The van der Waals surface area contributed by atoms with Crippen LogP contribution in [-0.2, 0) is 22.0 Å². The zero-order valence-corrected chi connectivity index (χ0v) is 22.8. The number of sulfone groups is 1. The first-order valence-corrected chi connectivity index (χ1v) is 14.6. The van der Waals surface area contributed by atoms with Crippen LogP contribution in [0.15, 0.2) is 66.4 Å². The normalized spacial score (nSPS) is 12.7. The topological polar surface area (TPSA) is 104 Å². The van der Waals surface area contributed by atoms with Crippen molar-refractivity contribution in [1.82, 2.24) is 9.78 Å². The van der Waals surface area contributed by atoms with Gasteiger partial charge in [-0.25, -0.2) is 21.9 Å². The number of halogens is 3. The Morgan fingerprint density at radius 3 is 2.61 bits per heavy atom. The van der Waals surface area contributed by atoms with Gasteiger partial charge in [0.2, 0.25) is 0 Å². The summed E-state index contributed by atoms with van der Waals surface area (Å²) in [6, 6.07) is 13.7. The molecule has 1 aliphatic carbocycles. The van der Waals surface area contributed by atoms with E-state index in [2.05, 4.69) is 5.10 Å². The van der Waals surface area contributed by atoms with E-state index in [0.29, 0.717) is 33.7 Å². The van der Waals surface area contributed by atoms with Crippen LogP contribution in [0.5, 0.6) is 11.5 Å². The number of rotatable bonds is 10. The summed E-state index contributed by atoms with van der Waals surface area (Å²) < 4.78 is 72.6. The van der Waals surface area contributed by atoms with Crippen molar-refractivity contribution in [2.24, 2.45) is 0 Å². The van der Waals surface area contributed by atoms with Crippen LogP contribution in [0.25, 0.3) is 11.8 Å². The fourth-order valence-electron chi connectivity index (χ4n) is 4.74. The van der Waals surface area contributed by atoms with Crippen molar-refractivity contribution >= 4 is 27.5 Å². The summed E-state index contributed by atoms with van der Waals surface area (Å²) in [6.07, 6.45) is 2.93.